The highest BCUT2D eigenvalue weighted by Gasteiger charge is 2.29. The molecule has 0 radical (unpaired) electrons. The minimum atomic E-state index is -3.47. The van der Waals surface area contributed by atoms with Gasteiger partial charge in [0, 0.05) is 11.6 Å². The van der Waals surface area contributed by atoms with E-state index in [1.807, 2.05) is 0 Å². The van der Waals surface area contributed by atoms with Crippen LogP contribution in [0.25, 0.3) is 0 Å². The maximum Gasteiger partial charge on any atom is 0.255 e. The van der Waals surface area contributed by atoms with Gasteiger partial charge in [0.15, 0.2) is 0 Å². The second kappa shape index (κ2) is 8.98. The molecule has 0 atom stereocenters. The number of nitrogens with zero attached hydrogens (tertiary/aromatic N) is 2. The molecule has 1 aromatic carbocycles. The van der Waals surface area contributed by atoms with Gasteiger partial charge in [0.1, 0.15) is 0 Å². The molecule has 1 amide bonds. The minimum absolute atomic E-state index is 0.124. The third-order valence-corrected chi connectivity index (χ3v) is 6.19. The Balaban J connectivity index is 1.99. The van der Waals surface area contributed by atoms with Crippen molar-refractivity contribution >= 4 is 45.3 Å². The molecule has 1 saturated carbocycles. The molecular weight excluding hydrogens is 385 g/mol. The Kier molecular flexibility index (Phi) is 7.25. The van der Waals surface area contributed by atoms with Gasteiger partial charge in [-0.15, -0.1) is 0 Å². The van der Waals surface area contributed by atoms with E-state index >= 15 is 0 Å². The number of nitrogens with one attached hydrogen (secondary N) is 1. The molecule has 2 rings (SSSR count). The third-order valence-electron chi connectivity index (χ3n) is 4.08. The van der Waals surface area contributed by atoms with Crippen LogP contribution in [-0.2, 0) is 14.8 Å². The Labute approximate surface area is 158 Å². The van der Waals surface area contributed by atoms with Gasteiger partial charge in [-0.25, -0.2) is 13.8 Å². The van der Waals surface area contributed by atoms with Crippen molar-refractivity contribution in [3.8, 4) is 0 Å². The molecule has 0 spiro atoms. The largest absolute Gasteiger partial charge is 0.272 e. The molecule has 0 heterocycles. The van der Waals surface area contributed by atoms with Crippen molar-refractivity contribution in [2.45, 2.75) is 38.1 Å². The van der Waals surface area contributed by atoms with Gasteiger partial charge in [-0.3, -0.25) is 4.79 Å². The molecule has 0 bridgehead atoms. The molecule has 1 fully saturated rings. The molecule has 138 valence electrons. The van der Waals surface area contributed by atoms with Crippen molar-refractivity contribution in [1.82, 2.24) is 9.73 Å². The summed E-state index contributed by atoms with van der Waals surface area (Å²) in [6, 6.07) is 4.94. The number of sulfonamides is 1. The number of rotatable bonds is 6. The molecule has 1 aromatic rings. The normalized spacial score (nSPS) is 16.5. The zero-order valence-electron chi connectivity index (χ0n) is 13.9. The van der Waals surface area contributed by atoms with E-state index in [0.717, 1.165) is 38.4 Å². The summed E-state index contributed by atoms with van der Waals surface area (Å²) in [5.41, 5.74) is 2.90. The van der Waals surface area contributed by atoms with Crippen LogP contribution in [0.3, 0.4) is 0 Å². The van der Waals surface area contributed by atoms with Gasteiger partial charge in [0.25, 0.3) is 5.91 Å². The molecule has 9 heteroatoms. The topological polar surface area (TPSA) is 78.8 Å². The van der Waals surface area contributed by atoms with Gasteiger partial charge in [-0.05, 0) is 18.9 Å². The highest BCUT2D eigenvalue weighted by molar-refractivity contribution is 7.88. The van der Waals surface area contributed by atoms with E-state index < -0.39 is 15.9 Å². The first-order valence-electron chi connectivity index (χ1n) is 8.02. The van der Waals surface area contributed by atoms with Crippen molar-refractivity contribution in [3.63, 3.8) is 0 Å². The van der Waals surface area contributed by atoms with Crippen LogP contribution >= 0.6 is 23.2 Å². The van der Waals surface area contributed by atoms with Crippen LogP contribution in [0, 0.1) is 0 Å². The maximum absolute atomic E-state index is 12.1. The molecule has 25 heavy (non-hydrogen) atoms. The highest BCUT2D eigenvalue weighted by Crippen LogP contribution is 2.25. The van der Waals surface area contributed by atoms with Crippen LogP contribution in [0.5, 0.6) is 0 Å². The van der Waals surface area contributed by atoms with Gasteiger partial charge >= 0.3 is 0 Å². The van der Waals surface area contributed by atoms with Crippen LogP contribution < -0.4 is 5.43 Å². The molecule has 0 saturated heterocycles. The number of carbonyl (C=O) groups is 1. The van der Waals surface area contributed by atoms with Gasteiger partial charge in [0.2, 0.25) is 10.0 Å². The summed E-state index contributed by atoms with van der Waals surface area (Å²) in [5, 5.41) is 4.56. The van der Waals surface area contributed by atoms with Crippen molar-refractivity contribution in [2.75, 3.05) is 12.8 Å². The van der Waals surface area contributed by atoms with Crippen LogP contribution in [0.2, 0.25) is 10.0 Å². The average Bonchev–Trinajstić information content (AvgIpc) is 2.56. The number of amides is 1. The Hall–Kier alpha value is -1.15. The van der Waals surface area contributed by atoms with E-state index in [1.165, 1.54) is 10.5 Å². The van der Waals surface area contributed by atoms with Crippen molar-refractivity contribution in [2.24, 2.45) is 5.10 Å². The van der Waals surface area contributed by atoms with Gasteiger partial charge in [-0.1, -0.05) is 54.6 Å². The van der Waals surface area contributed by atoms with E-state index in [2.05, 4.69) is 10.5 Å². The first-order valence-corrected chi connectivity index (χ1v) is 10.6. The summed E-state index contributed by atoms with van der Waals surface area (Å²) in [5.74, 6) is -0.495. The fourth-order valence-corrected chi connectivity index (χ4v) is 4.32. The Morgan fingerprint density at radius 1 is 1.32 bits per heavy atom. The first-order chi connectivity index (χ1) is 11.8. The lowest BCUT2D eigenvalue weighted by Crippen LogP contribution is -2.45. The number of hydrogen-bond donors (Lipinski definition) is 1. The van der Waals surface area contributed by atoms with E-state index in [4.69, 9.17) is 23.2 Å². The Morgan fingerprint density at radius 2 is 2.00 bits per heavy atom. The van der Waals surface area contributed by atoms with Crippen LogP contribution in [0.4, 0.5) is 0 Å². The fraction of sp³-hybridized carbons (Fsp3) is 0.500. The smallest absolute Gasteiger partial charge is 0.255 e. The summed E-state index contributed by atoms with van der Waals surface area (Å²) in [6.45, 7) is -0.246. The average molecular weight is 406 g/mol. The number of hydrazone groups is 1. The molecule has 6 nitrogen and oxygen atoms in total. The lowest BCUT2D eigenvalue weighted by Gasteiger charge is -2.31. The standard InChI is InChI=1S/C16H21Cl2N3O3S/c1-25(23,24)21(13-7-3-2-4-8-13)11-15(22)20-19-10-12-6-5-9-14(17)16(12)18/h5-6,9-10,13H,2-4,7-8,11H2,1H3,(H,20,22). The highest BCUT2D eigenvalue weighted by atomic mass is 35.5. The van der Waals surface area contributed by atoms with Crippen molar-refractivity contribution < 1.29 is 13.2 Å². The lowest BCUT2D eigenvalue weighted by atomic mass is 9.95. The number of halogens is 2. The predicted molar refractivity (Wildman–Crippen MR) is 101 cm³/mol. The molecule has 0 unspecified atom stereocenters. The summed E-state index contributed by atoms with van der Waals surface area (Å²) in [6.07, 6.45) is 7.11. The number of hydrogen-bond acceptors (Lipinski definition) is 4. The second-order valence-electron chi connectivity index (χ2n) is 6.04. The lowest BCUT2D eigenvalue weighted by molar-refractivity contribution is -0.121. The van der Waals surface area contributed by atoms with Crippen LogP contribution in [-0.4, -0.2) is 43.7 Å². The van der Waals surface area contributed by atoms with E-state index in [1.54, 1.807) is 18.2 Å². The van der Waals surface area contributed by atoms with Crippen molar-refractivity contribution in [3.05, 3.63) is 33.8 Å². The number of carbonyl (C=O) groups excluding carboxylic acids is 1. The zero-order valence-corrected chi connectivity index (χ0v) is 16.2. The number of benzene rings is 1. The van der Waals surface area contributed by atoms with Gasteiger partial charge in [0.05, 0.1) is 29.1 Å². The quantitative estimate of drug-likeness (QED) is 0.583. The van der Waals surface area contributed by atoms with E-state index in [9.17, 15) is 13.2 Å². The van der Waals surface area contributed by atoms with E-state index in [-0.39, 0.29) is 12.6 Å². The SMILES string of the molecule is CS(=O)(=O)N(CC(=O)NN=Cc1cccc(Cl)c1Cl)C1CCCCC1. The molecule has 1 aliphatic carbocycles. The van der Waals surface area contributed by atoms with Crippen LogP contribution in [0.1, 0.15) is 37.7 Å². The summed E-state index contributed by atoms with van der Waals surface area (Å²) >= 11 is 11.9. The van der Waals surface area contributed by atoms with Gasteiger partial charge < -0.3 is 0 Å². The predicted octanol–water partition coefficient (Wildman–Crippen LogP) is 3.04. The first kappa shape index (κ1) is 20.2. The Bertz CT molecular complexity index is 747. The minimum Gasteiger partial charge on any atom is -0.272 e. The Morgan fingerprint density at radius 3 is 2.64 bits per heavy atom. The molecule has 1 aliphatic rings. The summed E-state index contributed by atoms with van der Waals surface area (Å²) in [7, 11) is -3.47. The monoisotopic (exact) mass is 405 g/mol. The van der Waals surface area contributed by atoms with Crippen LogP contribution in [0.15, 0.2) is 23.3 Å². The van der Waals surface area contributed by atoms with Crippen molar-refractivity contribution in [1.29, 1.82) is 0 Å². The summed E-state index contributed by atoms with van der Waals surface area (Å²) in [4.78, 5) is 12.1. The molecule has 0 aromatic heterocycles. The molecule has 1 N–H and O–H groups in total. The zero-order chi connectivity index (χ0) is 18.4. The second-order valence-corrected chi connectivity index (χ2v) is 8.76. The third kappa shape index (κ3) is 5.95. The maximum atomic E-state index is 12.1. The molecular formula is C16H21Cl2N3O3S. The summed E-state index contributed by atoms with van der Waals surface area (Å²) < 4.78 is 25.3. The van der Waals surface area contributed by atoms with Gasteiger partial charge in [-0.2, -0.15) is 9.41 Å². The fourth-order valence-electron chi connectivity index (χ4n) is 2.86. The molecule has 0 aliphatic heterocycles. The van der Waals surface area contributed by atoms with E-state index in [0.29, 0.717) is 15.6 Å².